The molecule has 0 atom stereocenters. The van der Waals surface area contributed by atoms with Crippen LogP contribution in [-0.2, 0) is 6.54 Å². The maximum atomic E-state index is 6.24. The van der Waals surface area contributed by atoms with Gasteiger partial charge in [0, 0.05) is 22.8 Å². The highest BCUT2D eigenvalue weighted by molar-refractivity contribution is 6.31. The lowest BCUT2D eigenvalue weighted by molar-refractivity contribution is 0.273. The first-order valence-electron chi connectivity index (χ1n) is 8.69. The van der Waals surface area contributed by atoms with Crippen molar-refractivity contribution in [2.45, 2.75) is 6.54 Å². The lowest BCUT2D eigenvalue weighted by atomic mass is 10.1. The summed E-state index contributed by atoms with van der Waals surface area (Å²) in [4.78, 5) is 9.44. The molecule has 0 radical (unpaired) electrons. The molecule has 4 heteroatoms. The second-order valence-electron chi connectivity index (χ2n) is 6.35. The number of benzene rings is 3. The van der Waals surface area contributed by atoms with Crippen molar-refractivity contribution in [2.24, 2.45) is 4.99 Å². The normalized spacial score (nSPS) is 15.0. The molecule has 0 spiro atoms. The van der Waals surface area contributed by atoms with Gasteiger partial charge in [0.25, 0.3) is 0 Å². The van der Waals surface area contributed by atoms with Gasteiger partial charge in [-0.1, -0.05) is 78.3 Å². The van der Waals surface area contributed by atoms with Crippen LogP contribution in [0.3, 0.4) is 0 Å². The van der Waals surface area contributed by atoms with Gasteiger partial charge in [-0.2, -0.15) is 0 Å². The van der Waals surface area contributed by atoms with E-state index < -0.39 is 0 Å². The van der Waals surface area contributed by atoms with Crippen LogP contribution in [0, 0.1) is 0 Å². The van der Waals surface area contributed by atoms with Gasteiger partial charge in [-0.3, -0.25) is 9.89 Å². The smallest absolute Gasteiger partial charge is 0.137 e. The fourth-order valence-electron chi connectivity index (χ4n) is 3.19. The lowest BCUT2D eigenvalue weighted by Gasteiger charge is -2.36. The maximum Gasteiger partial charge on any atom is 0.137 e. The predicted molar refractivity (Wildman–Crippen MR) is 109 cm³/mol. The Kier molecular flexibility index (Phi) is 5.00. The first-order valence-corrected chi connectivity index (χ1v) is 9.07. The summed E-state index contributed by atoms with van der Waals surface area (Å²) in [6.07, 6.45) is 0. The zero-order valence-electron chi connectivity index (χ0n) is 14.4. The minimum atomic E-state index is 0.677. The van der Waals surface area contributed by atoms with E-state index >= 15 is 0 Å². The minimum absolute atomic E-state index is 0.677. The summed E-state index contributed by atoms with van der Waals surface area (Å²) in [5.41, 5.74) is 3.46. The monoisotopic (exact) mass is 361 g/mol. The second-order valence-corrected chi connectivity index (χ2v) is 6.79. The molecule has 1 aliphatic rings. The van der Waals surface area contributed by atoms with Crippen LogP contribution in [0.2, 0.25) is 5.02 Å². The molecule has 0 saturated heterocycles. The van der Waals surface area contributed by atoms with E-state index in [9.17, 15) is 0 Å². The molecule has 0 fully saturated rings. The number of rotatable bonds is 4. The van der Waals surface area contributed by atoms with Gasteiger partial charge < -0.3 is 4.90 Å². The van der Waals surface area contributed by atoms with Gasteiger partial charge in [0.1, 0.15) is 5.84 Å². The molecular formula is C22H20ClN3. The van der Waals surface area contributed by atoms with E-state index in [2.05, 4.69) is 52.3 Å². The molecule has 3 aromatic carbocycles. The van der Waals surface area contributed by atoms with Gasteiger partial charge in [-0.25, -0.2) is 0 Å². The molecule has 0 unspecified atom stereocenters. The lowest BCUT2D eigenvalue weighted by Crippen LogP contribution is -2.46. The standard InChI is InChI=1S/C22H20ClN3/c23-20-12-7-13-21(14-20)26-17-25(15-18-8-3-1-4-9-18)16-24-22(26)19-10-5-2-6-11-19/h1-14H,15-17H2. The van der Waals surface area contributed by atoms with Crippen molar-refractivity contribution in [3.05, 3.63) is 101 Å². The van der Waals surface area contributed by atoms with E-state index in [0.717, 1.165) is 35.3 Å². The fraction of sp³-hybridized carbons (Fsp3) is 0.136. The Balaban J connectivity index is 1.66. The predicted octanol–water partition coefficient (Wildman–Crippen LogP) is 5.02. The molecule has 4 rings (SSSR count). The van der Waals surface area contributed by atoms with Crippen LogP contribution in [-0.4, -0.2) is 24.1 Å². The van der Waals surface area contributed by atoms with Crippen LogP contribution in [0.1, 0.15) is 11.1 Å². The maximum absolute atomic E-state index is 6.24. The van der Waals surface area contributed by atoms with Gasteiger partial charge in [0.15, 0.2) is 0 Å². The van der Waals surface area contributed by atoms with E-state index in [1.165, 1.54) is 5.56 Å². The van der Waals surface area contributed by atoms with Crippen molar-refractivity contribution in [2.75, 3.05) is 18.2 Å². The molecule has 3 aromatic rings. The highest BCUT2D eigenvalue weighted by Gasteiger charge is 2.23. The van der Waals surface area contributed by atoms with Gasteiger partial charge in [-0.05, 0) is 23.8 Å². The summed E-state index contributed by atoms with van der Waals surface area (Å²) in [5, 5.41) is 0.732. The third-order valence-electron chi connectivity index (χ3n) is 4.42. The zero-order chi connectivity index (χ0) is 17.8. The average molecular weight is 362 g/mol. The number of anilines is 1. The van der Waals surface area contributed by atoms with Crippen LogP contribution in [0.15, 0.2) is 89.9 Å². The van der Waals surface area contributed by atoms with Crippen molar-refractivity contribution < 1.29 is 0 Å². The minimum Gasteiger partial charge on any atom is -0.313 e. The van der Waals surface area contributed by atoms with E-state index in [1.54, 1.807) is 0 Å². The molecule has 130 valence electrons. The first kappa shape index (κ1) is 16.8. The quantitative estimate of drug-likeness (QED) is 0.649. The molecule has 0 saturated carbocycles. The third kappa shape index (κ3) is 3.79. The SMILES string of the molecule is Clc1cccc(N2CN(Cc3ccccc3)CN=C2c2ccccc2)c1. The Morgan fingerprint density at radius 3 is 2.31 bits per heavy atom. The third-order valence-corrected chi connectivity index (χ3v) is 4.65. The van der Waals surface area contributed by atoms with Crippen molar-refractivity contribution in [3.63, 3.8) is 0 Å². The Hall–Kier alpha value is -2.62. The highest BCUT2D eigenvalue weighted by atomic mass is 35.5. The number of hydrogen-bond donors (Lipinski definition) is 0. The van der Waals surface area contributed by atoms with Gasteiger partial charge in [0.2, 0.25) is 0 Å². The highest BCUT2D eigenvalue weighted by Crippen LogP contribution is 2.25. The van der Waals surface area contributed by atoms with Gasteiger partial charge >= 0.3 is 0 Å². The molecule has 0 N–H and O–H groups in total. The number of hydrogen-bond acceptors (Lipinski definition) is 3. The van der Waals surface area contributed by atoms with E-state index in [4.69, 9.17) is 16.6 Å². The molecule has 0 aliphatic carbocycles. The van der Waals surface area contributed by atoms with E-state index in [-0.39, 0.29) is 0 Å². The number of amidine groups is 1. The van der Waals surface area contributed by atoms with Crippen molar-refractivity contribution in [1.82, 2.24) is 4.90 Å². The zero-order valence-corrected chi connectivity index (χ0v) is 15.2. The summed E-state index contributed by atoms with van der Waals surface area (Å²) in [6, 6.07) is 28.8. The molecule has 3 nitrogen and oxygen atoms in total. The Morgan fingerprint density at radius 2 is 1.58 bits per heavy atom. The molecule has 0 amide bonds. The second kappa shape index (κ2) is 7.73. The number of nitrogens with zero attached hydrogens (tertiary/aromatic N) is 3. The van der Waals surface area contributed by atoms with E-state index in [1.807, 2.05) is 42.5 Å². The summed E-state index contributed by atoms with van der Waals surface area (Å²) in [7, 11) is 0. The van der Waals surface area contributed by atoms with Gasteiger partial charge in [-0.15, -0.1) is 0 Å². The van der Waals surface area contributed by atoms with Crippen molar-refractivity contribution in [3.8, 4) is 0 Å². The largest absolute Gasteiger partial charge is 0.313 e. The first-order chi connectivity index (χ1) is 12.8. The Labute approximate surface area is 159 Å². The Bertz CT molecular complexity index is 894. The van der Waals surface area contributed by atoms with Crippen molar-refractivity contribution >= 4 is 23.1 Å². The molecular weight excluding hydrogens is 342 g/mol. The summed E-state index contributed by atoms with van der Waals surface area (Å²) < 4.78 is 0. The summed E-state index contributed by atoms with van der Waals surface area (Å²) >= 11 is 6.24. The van der Waals surface area contributed by atoms with Crippen LogP contribution in [0.4, 0.5) is 5.69 Å². The molecule has 0 aromatic heterocycles. The van der Waals surface area contributed by atoms with E-state index in [0.29, 0.717) is 6.67 Å². The number of halogens is 1. The molecule has 0 bridgehead atoms. The van der Waals surface area contributed by atoms with Crippen LogP contribution in [0.25, 0.3) is 0 Å². The fourth-order valence-corrected chi connectivity index (χ4v) is 3.37. The summed E-state index contributed by atoms with van der Waals surface area (Å²) in [5.74, 6) is 0.983. The molecule has 26 heavy (non-hydrogen) atoms. The van der Waals surface area contributed by atoms with Crippen LogP contribution < -0.4 is 4.90 Å². The topological polar surface area (TPSA) is 18.8 Å². The average Bonchev–Trinajstić information content (AvgIpc) is 2.69. The summed E-state index contributed by atoms with van der Waals surface area (Å²) in [6.45, 7) is 2.31. The van der Waals surface area contributed by atoms with Crippen molar-refractivity contribution in [1.29, 1.82) is 0 Å². The number of aliphatic imine (C=N–C) groups is 1. The van der Waals surface area contributed by atoms with Gasteiger partial charge in [0.05, 0.1) is 13.3 Å². The van der Waals surface area contributed by atoms with Crippen LogP contribution in [0.5, 0.6) is 0 Å². The molecule has 1 heterocycles. The Morgan fingerprint density at radius 1 is 0.846 bits per heavy atom. The molecule has 1 aliphatic heterocycles. The van der Waals surface area contributed by atoms with Crippen LogP contribution >= 0.6 is 11.6 Å².